The maximum absolute atomic E-state index is 12.1. The van der Waals surface area contributed by atoms with E-state index in [0.29, 0.717) is 6.54 Å². The van der Waals surface area contributed by atoms with E-state index < -0.39 is 10.0 Å². The molecule has 0 spiro atoms. The number of hydrogen-bond donors (Lipinski definition) is 2. The third-order valence-corrected chi connectivity index (χ3v) is 3.75. The fourth-order valence-electron chi connectivity index (χ4n) is 1.51. The van der Waals surface area contributed by atoms with E-state index in [2.05, 4.69) is 9.82 Å². The molecule has 0 aliphatic carbocycles. The molecule has 0 saturated heterocycles. The summed E-state index contributed by atoms with van der Waals surface area (Å²) >= 11 is 0. The molecule has 7 heteroatoms. The van der Waals surface area contributed by atoms with Crippen LogP contribution in [0.2, 0.25) is 0 Å². The molecule has 18 heavy (non-hydrogen) atoms. The van der Waals surface area contributed by atoms with Crippen LogP contribution in [0.4, 0.5) is 5.82 Å². The molecule has 1 aromatic heterocycles. The zero-order valence-corrected chi connectivity index (χ0v) is 10.7. The van der Waals surface area contributed by atoms with Crippen LogP contribution in [0.1, 0.15) is 5.56 Å². The SMILES string of the molecule is Cn1ccc(NS(=O)(=O)c2cccc(CN)c2)n1. The average molecular weight is 266 g/mol. The summed E-state index contributed by atoms with van der Waals surface area (Å²) in [4.78, 5) is 0.177. The second kappa shape index (κ2) is 4.79. The highest BCUT2D eigenvalue weighted by atomic mass is 32.2. The molecule has 2 aromatic rings. The standard InChI is InChI=1S/C11H14N4O2S/c1-15-6-5-11(13-15)14-18(16,17)10-4-2-3-9(7-10)8-12/h2-7H,8,12H2,1H3,(H,13,14). The van der Waals surface area contributed by atoms with Gasteiger partial charge in [-0.2, -0.15) is 5.10 Å². The second-order valence-electron chi connectivity index (χ2n) is 3.83. The van der Waals surface area contributed by atoms with Gasteiger partial charge < -0.3 is 5.73 Å². The zero-order valence-electron chi connectivity index (χ0n) is 9.87. The smallest absolute Gasteiger partial charge is 0.263 e. The summed E-state index contributed by atoms with van der Waals surface area (Å²) in [5.41, 5.74) is 6.25. The van der Waals surface area contributed by atoms with Crippen LogP contribution in [0, 0.1) is 0 Å². The number of anilines is 1. The summed E-state index contributed by atoms with van der Waals surface area (Å²) in [6.45, 7) is 0.299. The first-order valence-electron chi connectivity index (χ1n) is 5.33. The predicted octanol–water partition coefficient (Wildman–Crippen LogP) is 0.680. The van der Waals surface area contributed by atoms with Crippen molar-refractivity contribution in [2.24, 2.45) is 12.8 Å². The molecule has 1 heterocycles. The minimum atomic E-state index is -3.61. The van der Waals surface area contributed by atoms with Gasteiger partial charge in [-0.15, -0.1) is 0 Å². The molecule has 0 aliphatic heterocycles. The van der Waals surface area contributed by atoms with Crippen LogP contribution >= 0.6 is 0 Å². The number of nitrogens with two attached hydrogens (primary N) is 1. The molecular weight excluding hydrogens is 252 g/mol. The minimum Gasteiger partial charge on any atom is -0.326 e. The highest BCUT2D eigenvalue weighted by Crippen LogP contribution is 2.15. The molecule has 0 bridgehead atoms. The van der Waals surface area contributed by atoms with Crippen molar-refractivity contribution in [2.75, 3.05) is 4.72 Å². The van der Waals surface area contributed by atoms with Crippen molar-refractivity contribution in [3.63, 3.8) is 0 Å². The molecule has 0 atom stereocenters. The molecule has 0 aliphatic rings. The van der Waals surface area contributed by atoms with Crippen molar-refractivity contribution in [3.05, 3.63) is 42.1 Å². The van der Waals surface area contributed by atoms with Crippen LogP contribution < -0.4 is 10.5 Å². The number of benzene rings is 1. The van der Waals surface area contributed by atoms with Gasteiger partial charge in [0, 0.05) is 25.9 Å². The number of nitrogens with zero attached hydrogens (tertiary/aromatic N) is 2. The van der Waals surface area contributed by atoms with Gasteiger partial charge in [0.15, 0.2) is 5.82 Å². The molecule has 1 aromatic carbocycles. The number of rotatable bonds is 4. The average Bonchev–Trinajstić information content (AvgIpc) is 2.74. The van der Waals surface area contributed by atoms with E-state index >= 15 is 0 Å². The van der Waals surface area contributed by atoms with Crippen LogP contribution in [0.3, 0.4) is 0 Å². The maximum Gasteiger partial charge on any atom is 0.263 e. The van der Waals surface area contributed by atoms with Crippen molar-refractivity contribution in [3.8, 4) is 0 Å². The predicted molar refractivity (Wildman–Crippen MR) is 68.3 cm³/mol. The first kappa shape index (κ1) is 12.6. The van der Waals surface area contributed by atoms with E-state index in [1.165, 1.54) is 10.7 Å². The Morgan fingerprint density at radius 1 is 1.39 bits per heavy atom. The number of nitrogens with one attached hydrogen (secondary N) is 1. The molecule has 2 rings (SSSR count). The van der Waals surface area contributed by atoms with Gasteiger partial charge in [0.25, 0.3) is 10.0 Å². The van der Waals surface area contributed by atoms with Crippen molar-refractivity contribution in [2.45, 2.75) is 11.4 Å². The summed E-state index contributed by atoms with van der Waals surface area (Å²) in [6, 6.07) is 8.09. The normalized spacial score (nSPS) is 11.4. The lowest BCUT2D eigenvalue weighted by atomic mass is 10.2. The van der Waals surface area contributed by atoms with Crippen molar-refractivity contribution < 1.29 is 8.42 Å². The molecule has 0 fully saturated rings. The summed E-state index contributed by atoms with van der Waals surface area (Å²) in [5.74, 6) is 0.288. The summed E-state index contributed by atoms with van der Waals surface area (Å²) in [5, 5.41) is 3.97. The Morgan fingerprint density at radius 3 is 2.78 bits per heavy atom. The molecule has 3 N–H and O–H groups in total. The van der Waals surface area contributed by atoms with Gasteiger partial charge in [-0.3, -0.25) is 9.40 Å². The van der Waals surface area contributed by atoms with Gasteiger partial charge in [0.2, 0.25) is 0 Å². The second-order valence-corrected chi connectivity index (χ2v) is 5.51. The molecule has 0 saturated carbocycles. The molecule has 0 unspecified atom stereocenters. The monoisotopic (exact) mass is 266 g/mol. The number of hydrogen-bond acceptors (Lipinski definition) is 4. The van der Waals surface area contributed by atoms with Crippen molar-refractivity contribution in [1.82, 2.24) is 9.78 Å². The van der Waals surface area contributed by atoms with E-state index in [9.17, 15) is 8.42 Å². The fourth-order valence-corrected chi connectivity index (χ4v) is 2.57. The maximum atomic E-state index is 12.1. The van der Waals surface area contributed by atoms with E-state index in [4.69, 9.17) is 5.73 Å². The third-order valence-electron chi connectivity index (χ3n) is 2.40. The highest BCUT2D eigenvalue weighted by Gasteiger charge is 2.15. The van der Waals surface area contributed by atoms with Crippen LogP contribution in [0.25, 0.3) is 0 Å². The van der Waals surface area contributed by atoms with Gasteiger partial charge in [0.05, 0.1) is 4.90 Å². The minimum absolute atomic E-state index is 0.177. The van der Waals surface area contributed by atoms with Gasteiger partial charge in [0.1, 0.15) is 0 Å². The zero-order chi connectivity index (χ0) is 13.2. The van der Waals surface area contributed by atoms with Gasteiger partial charge in [-0.1, -0.05) is 12.1 Å². The van der Waals surface area contributed by atoms with E-state index in [0.717, 1.165) is 5.56 Å². The number of aryl methyl sites for hydroxylation is 1. The van der Waals surface area contributed by atoms with Crippen LogP contribution in [0.5, 0.6) is 0 Å². The first-order chi connectivity index (χ1) is 8.51. The Bertz CT molecular complexity index is 649. The molecule has 96 valence electrons. The Morgan fingerprint density at radius 2 is 2.17 bits per heavy atom. The van der Waals surface area contributed by atoms with Gasteiger partial charge >= 0.3 is 0 Å². The quantitative estimate of drug-likeness (QED) is 0.851. The lowest BCUT2D eigenvalue weighted by Crippen LogP contribution is -2.14. The Balaban J connectivity index is 2.30. The molecule has 0 amide bonds. The van der Waals surface area contributed by atoms with E-state index in [1.807, 2.05) is 0 Å². The van der Waals surface area contributed by atoms with Crippen molar-refractivity contribution in [1.29, 1.82) is 0 Å². The fraction of sp³-hybridized carbons (Fsp3) is 0.182. The highest BCUT2D eigenvalue weighted by molar-refractivity contribution is 7.92. The van der Waals surface area contributed by atoms with Crippen LogP contribution in [-0.2, 0) is 23.6 Å². The Labute approximate surface area is 105 Å². The largest absolute Gasteiger partial charge is 0.326 e. The molecular formula is C11H14N4O2S. The topological polar surface area (TPSA) is 90.0 Å². The van der Waals surface area contributed by atoms with Crippen LogP contribution in [0.15, 0.2) is 41.4 Å². The van der Waals surface area contributed by atoms with E-state index in [-0.39, 0.29) is 10.7 Å². The van der Waals surface area contributed by atoms with Crippen molar-refractivity contribution >= 4 is 15.8 Å². The molecule has 6 nitrogen and oxygen atoms in total. The Kier molecular flexibility index (Phi) is 3.35. The summed E-state index contributed by atoms with van der Waals surface area (Å²) in [7, 11) is -1.90. The summed E-state index contributed by atoms with van der Waals surface area (Å²) in [6.07, 6.45) is 1.66. The summed E-state index contributed by atoms with van der Waals surface area (Å²) < 4.78 is 28.1. The van der Waals surface area contributed by atoms with Gasteiger partial charge in [-0.05, 0) is 17.7 Å². The Hall–Kier alpha value is -1.86. The van der Waals surface area contributed by atoms with Crippen LogP contribution in [-0.4, -0.2) is 18.2 Å². The molecule has 0 radical (unpaired) electrons. The lowest BCUT2D eigenvalue weighted by molar-refractivity contribution is 0.600. The number of sulfonamides is 1. The third kappa shape index (κ3) is 2.69. The van der Waals surface area contributed by atoms with E-state index in [1.54, 1.807) is 37.5 Å². The first-order valence-corrected chi connectivity index (χ1v) is 6.81. The lowest BCUT2D eigenvalue weighted by Gasteiger charge is -2.06. The van der Waals surface area contributed by atoms with Gasteiger partial charge in [-0.25, -0.2) is 8.42 Å². The number of aromatic nitrogens is 2.